The monoisotopic (exact) mass is 437 g/mol. The molecule has 1 atom stereocenters. The van der Waals surface area contributed by atoms with Gasteiger partial charge in [0.15, 0.2) is 11.6 Å². The third-order valence-corrected chi connectivity index (χ3v) is 6.23. The molecule has 4 rings (SSSR count). The van der Waals surface area contributed by atoms with Gasteiger partial charge in [-0.25, -0.2) is 9.37 Å². The van der Waals surface area contributed by atoms with Crippen molar-refractivity contribution < 1.29 is 9.13 Å². The number of benzene rings is 1. The van der Waals surface area contributed by atoms with Crippen molar-refractivity contribution in [2.45, 2.75) is 32.8 Å². The molecule has 1 aliphatic rings. The summed E-state index contributed by atoms with van der Waals surface area (Å²) in [6.45, 7) is 3.88. The molecule has 0 radical (unpaired) electrons. The van der Waals surface area contributed by atoms with Crippen LogP contribution in [0.25, 0.3) is 11.1 Å². The highest BCUT2D eigenvalue weighted by Gasteiger charge is 2.24. The van der Waals surface area contributed by atoms with Gasteiger partial charge >= 0.3 is 0 Å². The highest BCUT2D eigenvalue weighted by Crippen LogP contribution is 2.38. The first kappa shape index (κ1) is 21.0. The number of aryl methyl sites for hydroxylation is 1. The summed E-state index contributed by atoms with van der Waals surface area (Å²) < 4.78 is 24.9. The molecule has 1 aromatic carbocycles. The minimum Gasteiger partial charge on any atom is -0.482 e. The maximum Gasteiger partial charge on any atom is 0.166 e. The number of nitrogen functional groups attached to an aromatic ring is 1. The van der Waals surface area contributed by atoms with Crippen LogP contribution in [-0.2, 0) is 12.8 Å². The van der Waals surface area contributed by atoms with Gasteiger partial charge in [0.2, 0.25) is 0 Å². The first-order chi connectivity index (χ1) is 14.9. The molecule has 0 fully saturated rings. The molecule has 2 aromatic heterocycles. The van der Waals surface area contributed by atoms with E-state index < -0.39 is 6.10 Å². The molecule has 4 N–H and O–H groups in total. The molecule has 6 nitrogen and oxygen atoms in total. The number of rotatable bonds is 2. The zero-order valence-corrected chi connectivity index (χ0v) is 18.4. The molecule has 0 saturated carbocycles. The summed E-state index contributed by atoms with van der Waals surface area (Å²) in [5.41, 5.74) is 11.2. The lowest BCUT2D eigenvalue weighted by Gasteiger charge is -2.22. The number of aromatic nitrogens is 2. The summed E-state index contributed by atoms with van der Waals surface area (Å²) in [6, 6.07) is 6.29. The highest BCUT2D eigenvalue weighted by atomic mass is 32.1. The first-order valence-electron chi connectivity index (χ1n) is 10.1. The summed E-state index contributed by atoms with van der Waals surface area (Å²) >= 11 is 1.42. The lowest BCUT2D eigenvalue weighted by molar-refractivity contribution is 0.227. The van der Waals surface area contributed by atoms with Crippen molar-refractivity contribution in [2.24, 2.45) is 0 Å². The second-order valence-corrected chi connectivity index (χ2v) is 8.25. The Hall–Kier alpha value is -3.26. The molecule has 3 heterocycles. The van der Waals surface area contributed by atoms with Crippen molar-refractivity contribution in [3.05, 3.63) is 69.8 Å². The van der Waals surface area contributed by atoms with Crippen LogP contribution in [0.5, 0.6) is 5.75 Å². The van der Waals surface area contributed by atoms with Gasteiger partial charge < -0.3 is 15.8 Å². The average Bonchev–Trinajstić information content (AvgIpc) is 3.16. The number of anilines is 1. The Labute approximate surface area is 184 Å². The molecule has 160 valence electrons. The molecule has 3 aromatic rings. The van der Waals surface area contributed by atoms with Crippen molar-refractivity contribution in [1.29, 1.82) is 5.41 Å². The minimum absolute atomic E-state index is 0.263. The predicted octanol–water partition coefficient (Wildman–Crippen LogP) is 4.66. The van der Waals surface area contributed by atoms with E-state index in [2.05, 4.69) is 21.6 Å². The fourth-order valence-electron chi connectivity index (χ4n) is 3.82. The Morgan fingerprint density at radius 3 is 2.94 bits per heavy atom. The zero-order valence-electron chi connectivity index (χ0n) is 17.6. The topological polar surface area (TPSA) is 96.9 Å². The van der Waals surface area contributed by atoms with Gasteiger partial charge in [-0.3, -0.25) is 5.41 Å². The third-order valence-electron chi connectivity index (χ3n) is 5.35. The number of hydrogen-bond donors (Lipinski definition) is 3. The second-order valence-electron chi connectivity index (χ2n) is 7.39. The number of fused-ring (bicyclic) bond motifs is 5. The molecule has 31 heavy (non-hydrogen) atoms. The summed E-state index contributed by atoms with van der Waals surface area (Å²) in [5.74, 6) is 0.308. The van der Waals surface area contributed by atoms with Gasteiger partial charge in [0, 0.05) is 53.0 Å². The lowest BCUT2D eigenvalue weighted by atomic mass is 9.91. The van der Waals surface area contributed by atoms with Crippen molar-refractivity contribution in [3.8, 4) is 16.9 Å². The summed E-state index contributed by atoms with van der Waals surface area (Å²) in [5, 5.41) is 12.0. The Morgan fingerprint density at radius 2 is 2.19 bits per heavy atom. The van der Waals surface area contributed by atoms with E-state index in [4.69, 9.17) is 15.9 Å². The zero-order chi connectivity index (χ0) is 22.1. The van der Waals surface area contributed by atoms with Crippen LogP contribution in [0.3, 0.4) is 0 Å². The Bertz CT molecular complexity index is 1190. The van der Waals surface area contributed by atoms with E-state index in [9.17, 15) is 4.39 Å². The van der Waals surface area contributed by atoms with Crippen LogP contribution in [0.2, 0.25) is 0 Å². The SMILES string of the molecule is CCc1nsc2c1-c1cnc(N)c(c1)OC(C)c1cc(F)ccc1C(=N)/C(=C\NC)C2. The number of nitrogens with zero attached hydrogens (tertiary/aromatic N) is 2. The van der Waals surface area contributed by atoms with Crippen LogP contribution in [0.15, 0.2) is 42.2 Å². The van der Waals surface area contributed by atoms with E-state index in [-0.39, 0.29) is 11.6 Å². The first-order valence-corrected chi connectivity index (χ1v) is 10.8. The minimum atomic E-state index is -0.536. The van der Waals surface area contributed by atoms with Gasteiger partial charge in [-0.15, -0.1) is 0 Å². The van der Waals surface area contributed by atoms with E-state index in [1.165, 1.54) is 23.7 Å². The van der Waals surface area contributed by atoms with Crippen LogP contribution >= 0.6 is 11.5 Å². The Kier molecular flexibility index (Phi) is 5.73. The van der Waals surface area contributed by atoms with Gasteiger partial charge in [-0.2, -0.15) is 4.37 Å². The van der Waals surface area contributed by atoms with Gasteiger partial charge in [0.1, 0.15) is 11.9 Å². The number of pyridine rings is 1. The van der Waals surface area contributed by atoms with Gasteiger partial charge in [-0.05, 0) is 54.7 Å². The highest BCUT2D eigenvalue weighted by molar-refractivity contribution is 7.06. The standard InChI is InChI=1S/C23H24FN5OS/c1-4-18-21-13-7-19(23(26)28-11-13)30-12(2)17-9-15(24)5-6-16(17)22(25)14(10-27-3)8-20(21)31-29-18/h5-7,9-12,25,27H,4,8H2,1-3H3,(H2,26,28)/b14-10-,25-22?. The fraction of sp³-hybridized carbons (Fsp3) is 0.261. The summed E-state index contributed by atoms with van der Waals surface area (Å²) in [4.78, 5) is 5.37. The number of nitrogens with two attached hydrogens (primary N) is 1. The Morgan fingerprint density at radius 1 is 1.39 bits per heavy atom. The molecule has 0 aliphatic carbocycles. The smallest absolute Gasteiger partial charge is 0.166 e. The van der Waals surface area contributed by atoms with E-state index >= 15 is 0 Å². The van der Waals surface area contributed by atoms with Crippen molar-refractivity contribution in [3.63, 3.8) is 0 Å². The third kappa shape index (κ3) is 3.90. The van der Waals surface area contributed by atoms with Crippen molar-refractivity contribution >= 4 is 23.1 Å². The molecule has 1 aliphatic heterocycles. The van der Waals surface area contributed by atoms with E-state index in [0.717, 1.165) is 33.7 Å². The quantitative estimate of drug-likeness (QED) is 0.542. The average molecular weight is 438 g/mol. The van der Waals surface area contributed by atoms with Crippen LogP contribution in [-0.4, -0.2) is 22.1 Å². The van der Waals surface area contributed by atoms with Gasteiger partial charge in [0.05, 0.1) is 11.4 Å². The maximum atomic E-state index is 14.1. The number of hydrogen-bond acceptors (Lipinski definition) is 7. The molecule has 0 saturated heterocycles. The van der Waals surface area contributed by atoms with Gasteiger partial charge in [-0.1, -0.05) is 6.92 Å². The number of ether oxygens (including phenoxy) is 1. The second kappa shape index (κ2) is 8.47. The van der Waals surface area contributed by atoms with Crippen LogP contribution in [0.4, 0.5) is 10.2 Å². The van der Waals surface area contributed by atoms with Crippen molar-refractivity contribution in [1.82, 2.24) is 14.7 Å². The molecule has 0 spiro atoms. The number of nitrogens with one attached hydrogen (secondary N) is 2. The van der Waals surface area contributed by atoms with E-state index in [0.29, 0.717) is 29.0 Å². The van der Waals surface area contributed by atoms with Crippen LogP contribution in [0.1, 0.15) is 41.6 Å². The van der Waals surface area contributed by atoms with E-state index in [1.54, 1.807) is 19.3 Å². The molecule has 0 amide bonds. The number of halogens is 1. The van der Waals surface area contributed by atoms with Crippen molar-refractivity contribution in [2.75, 3.05) is 12.8 Å². The van der Waals surface area contributed by atoms with E-state index in [1.807, 2.05) is 19.2 Å². The Balaban J connectivity index is 1.99. The molecule has 1 unspecified atom stereocenters. The molecule has 8 heteroatoms. The van der Waals surface area contributed by atoms with Crippen LogP contribution in [0, 0.1) is 11.2 Å². The van der Waals surface area contributed by atoms with Gasteiger partial charge in [0.25, 0.3) is 0 Å². The molecular weight excluding hydrogens is 413 g/mol. The molecular formula is C23H24FN5OS. The summed E-state index contributed by atoms with van der Waals surface area (Å²) in [6.07, 6.45) is 4.29. The maximum absolute atomic E-state index is 14.1. The predicted molar refractivity (Wildman–Crippen MR) is 122 cm³/mol. The number of allylic oxidation sites excluding steroid dienone is 1. The fourth-order valence-corrected chi connectivity index (χ4v) is 4.81. The normalized spacial score (nSPS) is 17.2. The summed E-state index contributed by atoms with van der Waals surface area (Å²) in [7, 11) is 1.80. The lowest BCUT2D eigenvalue weighted by Crippen LogP contribution is -2.16. The molecule has 2 bridgehead atoms. The van der Waals surface area contributed by atoms with Crippen LogP contribution < -0.4 is 15.8 Å². The largest absolute Gasteiger partial charge is 0.482 e.